The summed E-state index contributed by atoms with van der Waals surface area (Å²) in [5, 5.41) is 0. The summed E-state index contributed by atoms with van der Waals surface area (Å²) in [7, 11) is 0. The molecule has 3 aliphatic rings. The molecule has 2 aromatic rings. The molecule has 0 N–H and O–H groups in total. The Labute approximate surface area is 185 Å². The fourth-order valence-corrected chi connectivity index (χ4v) is 5.00. The van der Waals surface area contributed by atoms with Crippen LogP contribution in [0.4, 0.5) is 11.4 Å². The van der Waals surface area contributed by atoms with Crippen molar-refractivity contribution in [3.05, 3.63) is 54.6 Å². The van der Waals surface area contributed by atoms with E-state index in [1.807, 2.05) is 30.3 Å². The minimum absolute atomic E-state index is 0.103. The first-order chi connectivity index (χ1) is 15.5. The first kappa shape index (κ1) is 20.4. The van der Waals surface area contributed by atoms with Gasteiger partial charge in [-0.05, 0) is 49.2 Å². The van der Waals surface area contributed by atoms with Crippen LogP contribution in [0.2, 0.25) is 0 Å². The van der Waals surface area contributed by atoms with Gasteiger partial charge in [-0.25, -0.2) is 0 Å². The molecule has 3 atom stereocenters. The molecule has 5 rings (SSSR count). The van der Waals surface area contributed by atoms with Crippen molar-refractivity contribution in [1.82, 2.24) is 0 Å². The molecule has 0 bridgehead atoms. The number of hydrogen-bond acceptors (Lipinski definition) is 5. The van der Waals surface area contributed by atoms with E-state index in [-0.39, 0.29) is 42.5 Å². The van der Waals surface area contributed by atoms with E-state index in [9.17, 15) is 19.2 Å². The van der Waals surface area contributed by atoms with Crippen molar-refractivity contribution in [2.75, 3.05) is 16.3 Å². The van der Waals surface area contributed by atoms with Crippen LogP contribution in [0.5, 0.6) is 5.75 Å². The van der Waals surface area contributed by atoms with Crippen molar-refractivity contribution in [3.8, 4) is 5.75 Å². The summed E-state index contributed by atoms with van der Waals surface area (Å²) in [6.45, 7) is 0.277. The molecule has 3 fully saturated rings. The lowest BCUT2D eigenvalue weighted by Gasteiger charge is -2.19. The number of nitrogens with zero attached hydrogens (tertiary/aromatic N) is 2. The van der Waals surface area contributed by atoms with Crippen LogP contribution in [-0.4, -0.2) is 30.2 Å². The van der Waals surface area contributed by atoms with Crippen molar-refractivity contribution in [2.24, 2.45) is 17.8 Å². The zero-order valence-electron chi connectivity index (χ0n) is 17.6. The number of fused-ring (bicyclic) bond motifs is 1. The molecule has 2 heterocycles. The van der Waals surface area contributed by atoms with E-state index in [0.29, 0.717) is 11.4 Å². The van der Waals surface area contributed by atoms with Crippen LogP contribution in [-0.2, 0) is 19.2 Å². The number of carbonyl (C=O) groups excluding carboxylic acids is 4. The van der Waals surface area contributed by atoms with Gasteiger partial charge in [-0.3, -0.25) is 24.1 Å². The van der Waals surface area contributed by atoms with Crippen LogP contribution < -0.4 is 14.5 Å². The number of esters is 1. The topological polar surface area (TPSA) is 84.0 Å². The summed E-state index contributed by atoms with van der Waals surface area (Å²) >= 11 is 0. The minimum Gasteiger partial charge on any atom is -0.426 e. The predicted molar refractivity (Wildman–Crippen MR) is 117 cm³/mol. The minimum atomic E-state index is -0.549. The number of benzene rings is 2. The van der Waals surface area contributed by atoms with Gasteiger partial charge in [0.1, 0.15) is 5.75 Å². The maximum Gasteiger partial charge on any atom is 0.316 e. The second-order valence-corrected chi connectivity index (χ2v) is 8.67. The molecule has 2 saturated heterocycles. The van der Waals surface area contributed by atoms with E-state index in [4.69, 9.17) is 4.74 Å². The Hall–Kier alpha value is -3.48. The van der Waals surface area contributed by atoms with Crippen molar-refractivity contribution >= 4 is 35.1 Å². The second kappa shape index (κ2) is 8.22. The number of imide groups is 1. The first-order valence-electron chi connectivity index (χ1n) is 11.1. The summed E-state index contributed by atoms with van der Waals surface area (Å²) in [4.78, 5) is 53.4. The maximum atomic E-state index is 12.7. The smallest absolute Gasteiger partial charge is 0.316 e. The van der Waals surface area contributed by atoms with Gasteiger partial charge in [-0.2, -0.15) is 0 Å². The number of hydrogen-bond donors (Lipinski definition) is 0. The fraction of sp³-hybridized carbons (Fsp3) is 0.360. The monoisotopic (exact) mass is 432 g/mol. The standard InChI is InChI=1S/C25H24N2O5/c28-22-14-16(15-26(22)17-6-2-1-3-7-17)25(31)32-19-12-10-18(11-13-19)27-23(29)20-8-4-5-9-21(20)24(27)30/h1-3,6-7,10-13,16,20-21H,4-5,8-9,14-15H2/t16-,20-,21+/m1/s1. The van der Waals surface area contributed by atoms with Crippen LogP contribution >= 0.6 is 0 Å². The van der Waals surface area contributed by atoms with E-state index in [0.717, 1.165) is 31.4 Å². The third-order valence-corrected chi connectivity index (χ3v) is 6.68. The van der Waals surface area contributed by atoms with Crippen molar-refractivity contribution in [2.45, 2.75) is 32.1 Å². The van der Waals surface area contributed by atoms with Gasteiger partial charge in [0.2, 0.25) is 17.7 Å². The molecule has 1 aliphatic carbocycles. The Morgan fingerprint density at radius 1 is 0.812 bits per heavy atom. The highest BCUT2D eigenvalue weighted by molar-refractivity contribution is 6.22. The van der Waals surface area contributed by atoms with E-state index < -0.39 is 11.9 Å². The zero-order chi connectivity index (χ0) is 22.2. The normalized spacial score (nSPS) is 25.2. The molecular weight excluding hydrogens is 408 g/mol. The lowest BCUT2D eigenvalue weighted by atomic mass is 9.81. The third-order valence-electron chi connectivity index (χ3n) is 6.68. The number of carbonyl (C=O) groups is 4. The van der Waals surface area contributed by atoms with Crippen LogP contribution in [0.25, 0.3) is 0 Å². The van der Waals surface area contributed by atoms with Crippen LogP contribution in [0.3, 0.4) is 0 Å². The molecule has 2 aromatic carbocycles. The molecule has 7 nitrogen and oxygen atoms in total. The predicted octanol–water partition coefficient (Wildman–Crippen LogP) is 3.32. The Balaban J connectivity index is 1.24. The Morgan fingerprint density at radius 3 is 2.06 bits per heavy atom. The average Bonchev–Trinajstić information content (AvgIpc) is 3.33. The molecule has 0 spiro atoms. The molecule has 0 aromatic heterocycles. The number of ether oxygens (including phenoxy) is 1. The quantitative estimate of drug-likeness (QED) is 0.420. The molecule has 164 valence electrons. The Morgan fingerprint density at radius 2 is 1.44 bits per heavy atom. The van der Waals surface area contributed by atoms with Gasteiger partial charge in [0.15, 0.2) is 0 Å². The van der Waals surface area contributed by atoms with E-state index in [1.54, 1.807) is 29.2 Å². The summed E-state index contributed by atoms with van der Waals surface area (Å²) < 4.78 is 5.49. The van der Waals surface area contributed by atoms with Gasteiger partial charge in [0.25, 0.3) is 0 Å². The van der Waals surface area contributed by atoms with Gasteiger partial charge < -0.3 is 9.64 Å². The highest BCUT2D eigenvalue weighted by atomic mass is 16.5. The molecule has 0 unspecified atom stereocenters. The van der Waals surface area contributed by atoms with Gasteiger partial charge in [0.05, 0.1) is 23.4 Å². The SMILES string of the molecule is O=C(Oc1ccc(N2C(=O)[C@H]3CCCC[C@H]3C2=O)cc1)[C@@H]1CC(=O)N(c2ccccc2)C1. The third kappa shape index (κ3) is 3.57. The van der Waals surface area contributed by atoms with Gasteiger partial charge in [0, 0.05) is 18.7 Å². The van der Waals surface area contributed by atoms with Gasteiger partial charge in [-0.1, -0.05) is 31.0 Å². The summed E-state index contributed by atoms with van der Waals surface area (Å²) in [6, 6.07) is 15.7. The van der Waals surface area contributed by atoms with Crippen molar-refractivity contribution < 1.29 is 23.9 Å². The van der Waals surface area contributed by atoms with E-state index in [2.05, 4.69) is 0 Å². The molecular formula is C25H24N2O5. The van der Waals surface area contributed by atoms with Crippen LogP contribution in [0, 0.1) is 17.8 Å². The highest BCUT2D eigenvalue weighted by Crippen LogP contribution is 2.40. The van der Waals surface area contributed by atoms with E-state index >= 15 is 0 Å². The Kier molecular flexibility index (Phi) is 5.25. The molecule has 1 saturated carbocycles. The second-order valence-electron chi connectivity index (χ2n) is 8.67. The number of para-hydroxylation sites is 1. The van der Waals surface area contributed by atoms with Crippen molar-refractivity contribution in [1.29, 1.82) is 0 Å². The van der Waals surface area contributed by atoms with Crippen LogP contribution in [0.1, 0.15) is 32.1 Å². The average molecular weight is 432 g/mol. The van der Waals surface area contributed by atoms with E-state index in [1.165, 1.54) is 4.90 Å². The van der Waals surface area contributed by atoms with Gasteiger partial charge in [-0.15, -0.1) is 0 Å². The molecule has 3 amide bonds. The number of amides is 3. The molecule has 0 radical (unpaired) electrons. The number of rotatable bonds is 4. The molecule has 7 heteroatoms. The first-order valence-corrected chi connectivity index (χ1v) is 11.1. The number of anilines is 2. The Bertz CT molecular complexity index is 1040. The largest absolute Gasteiger partial charge is 0.426 e. The molecule has 32 heavy (non-hydrogen) atoms. The van der Waals surface area contributed by atoms with Crippen molar-refractivity contribution in [3.63, 3.8) is 0 Å². The van der Waals surface area contributed by atoms with Crippen LogP contribution in [0.15, 0.2) is 54.6 Å². The highest BCUT2D eigenvalue weighted by Gasteiger charge is 2.48. The fourth-order valence-electron chi connectivity index (χ4n) is 5.00. The lowest BCUT2D eigenvalue weighted by molar-refractivity contribution is -0.139. The lowest BCUT2D eigenvalue weighted by Crippen LogP contribution is -2.30. The summed E-state index contributed by atoms with van der Waals surface area (Å²) in [5.74, 6) is -1.48. The summed E-state index contributed by atoms with van der Waals surface area (Å²) in [6.07, 6.45) is 3.59. The van der Waals surface area contributed by atoms with Gasteiger partial charge >= 0.3 is 5.97 Å². The maximum absolute atomic E-state index is 12.7. The molecule has 2 aliphatic heterocycles. The summed E-state index contributed by atoms with van der Waals surface area (Å²) in [5.41, 5.74) is 1.26. The zero-order valence-corrected chi connectivity index (χ0v) is 17.6.